The van der Waals surface area contributed by atoms with Crippen LogP contribution in [0.5, 0.6) is 0 Å². The molecule has 0 N–H and O–H groups in total. The van der Waals surface area contributed by atoms with Crippen molar-refractivity contribution in [3.63, 3.8) is 0 Å². The lowest BCUT2D eigenvalue weighted by atomic mass is 10.00. The van der Waals surface area contributed by atoms with Gasteiger partial charge in [-0.1, -0.05) is 74.5 Å². The minimum Gasteiger partial charge on any atom is -0.307 e. The van der Waals surface area contributed by atoms with Gasteiger partial charge in [0.05, 0.1) is 5.69 Å². The van der Waals surface area contributed by atoms with Crippen LogP contribution >= 0.6 is 0 Å². The molecule has 0 fully saturated rings. The molecule has 0 spiro atoms. The number of hydrogen-bond donors (Lipinski definition) is 0. The van der Waals surface area contributed by atoms with Crippen LogP contribution in [0.3, 0.4) is 0 Å². The number of carbonyl (C=O) groups is 1. The number of carbonyl (C=O) groups excluding carboxylic acids is 1. The van der Waals surface area contributed by atoms with Gasteiger partial charge in [-0.15, -0.1) is 0 Å². The average Bonchev–Trinajstić information content (AvgIpc) is 2.88. The molecule has 1 amide bonds. The van der Waals surface area contributed by atoms with Crippen LogP contribution in [0.15, 0.2) is 66.7 Å². The fourth-order valence-electron chi connectivity index (χ4n) is 3.52. The van der Waals surface area contributed by atoms with Gasteiger partial charge < -0.3 is 4.90 Å². The third-order valence-corrected chi connectivity index (χ3v) is 4.63. The fourth-order valence-corrected chi connectivity index (χ4v) is 3.52. The van der Waals surface area contributed by atoms with Gasteiger partial charge in [0, 0.05) is 17.7 Å². The van der Waals surface area contributed by atoms with Crippen molar-refractivity contribution in [2.24, 2.45) is 5.92 Å². The molecule has 1 aliphatic heterocycles. The summed E-state index contributed by atoms with van der Waals surface area (Å²) in [5.74, 6) is 0.525. The molecule has 2 heteroatoms. The third kappa shape index (κ3) is 2.74. The number of para-hydroxylation sites is 1. The molecule has 0 unspecified atom stereocenters. The van der Waals surface area contributed by atoms with Crippen molar-refractivity contribution in [3.05, 3.63) is 77.9 Å². The Morgan fingerprint density at radius 2 is 1.64 bits per heavy atom. The van der Waals surface area contributed by atoms with Crippen molar-refractivity contribution in [2.75, 3.05) is 11.4 Å². The van der Waals surface area contributed by atoms with Crippen molar-refractivity contribution in [1.29, 1.82) is 0 Å². The second-order valence-corrected chi connectivity index (χ2v) is 6.95. The first-order valence-corrected chi connectivity index (χ1v) is 8.76. The first-order valence-electron chi connectivity index (χ1n) is 8.76. The predicted molar refractivity (Wildman–Crippen MR) is 105 cm³/mol. The summed E-state index contributed by atoms with van der Waals surface area (Å²) < 4.78 is 0. The summed E-state index contributed by atoms with van der Waals surface area (Å²) in [6.45, 7) is 5.02. The van der Waals surface area contributed by atoms with Crippen LogP contribution in [-0.4, -0.2) is 12.5 Å². The number of hydrogen-bond acceptors (Lipinski definition) is 1. The Bertz CT molecular complexity index is 979. The number of nitrogens with zero attached hydrogens (tertiary/aromatic N) is 1. The summed E-state index contributed by atoms with van der Waals surface area (Å²) in [4.78, 5) is 15.0. The molecule has 0 aliphatic carbocycles. The molecular formula is C23H21NO. The van der Waals surface area contributed by atoms with Crippen LogP contribution < -0.4 is 4.90 Å². The zero-order valence-corrected chi connectivity index (χ0v) is 14.6. The Labute approximate surface area is 148 Å². The quantitative estimate of drug-likeness (QED) is 0.591. The van der Waals surface area contributed by atoms with Crippen LogP contribution in [0.2, 0.25) is 0 Å². The number of anilines is 1. The Kier molecular flexibility index (Phi) is 3.89. The maximum Gasteiger partial charge on any atom is 0.259 e. The molecule has 0 atom stereocenters. The highest BCUT2D eigenvalue weighted by molar-refractivity contribution is 6.36. The van der Waals surface area contributed by atoms with Gasteiger partial charge in [-0.05, 0) is 34.4 Å². The van der Waals surface area contributed by atoms with E-state index >= 15 is 0 Å². The predicted octanol–water partition coefficient (Wildman–Crippen LogP) is 5.38. The van der Waals surface area contributed by atoms with E-state index in [-0.39, 0.29) is 5.91 Å². The zero-order valence-electron chi connectivity index (χ0n) is 14.6. The molecule has 3 aromatic carbocycles. The molecule has 124 valence electrons. The SMILES string of the molecule is CC(C)CN1C(=O)/C(=C\c2cccc3ccccc23)c2ccccc21. The Balaban J connectivity index is 1.87. The lowest BCUT2D eigenvalue weighted by Crippen LogP contribution is -2.30. The molecule has 2 nitrogen and oxygen atoms in total. The molecule has 25 heavy (non-hydrogen) atoms. The molecule has 0 radical (unpaired) electrons. The molecule has 0 aromatic heterocycles. The molecule has 1 aliphatic rings. The van der Waals surface area contributed by atoms with Crippen LogP contribution in [0.4, 0.5) is 5.69 Å². The van der Waals surface area contributed by atoms with E-state index in [1.165, 1.54) is 10.8 Å². The lowest BCUT2D eigenvalue weighted by molar-refractivity contribution is -0.113. The number of amides is 1. The minimum absolute atomic E-state index is 0.0998. The molecule has 0 saturated carbocycles. The van der Waals surface area contributed by atoms with Crippen LogP contribution in [0.25, 0.3) is 22.4 Å². The van der Waals surface area contributed by atoms with Crippen molar-refractivity contribution >= 4 is 34.0 Å². The summed E-state index contributed by atoms with van der Waals surface area (Å²) in [7, 11) is 0. The standard InChI is InChI=1S/C23H21NO/c1-16(2)15-24-22-13-6-5-12-20(22)21(23(24)25)14-18-10-7-9-17-8-3-4-11-19(17)18/h3-14,16H,15H2,1-2H3/b21-14-. The second-order valence-electron chi connectivity index (χ2n) is 6.95. The lowest BCUT2D eigenvalue weighted by Gasteiger charge is -2.19. The van der Waals surface area contributed by atoms with E-state index < -0.39 is 0 Å². The minimum atomic E-state index is 0.0998. The Hall–Kier alpha value is -2.87. The average molecular weight is 327 g/mol. The Morgan fingerprint density at radius 3 is 2.48 bits per heavy atom. The largest absolute Gasteiger partial charge is 0.307 e. The van der Waals surface area contributed by atoms with E-state index in [9.17, 15) is 4.79 Å². The monoisotopic (exact) mass is 327 g/mol. The Morgan fingerprint density at radius 1 is 0.920 bits per heavy atom. The molecule has 3 aromatic rings. The first kappa shape index (κ1) is 15.6. The normalized spacial score (nSPS) is 15.4. The van der Waals surface area contributed by atoms with Crippen LogP contribution in [-0.2, 0) is 4.79 Å². The van der Waals surface area contributed by atoms with E-state index in [0.29, 0.717) is 5.92 Å². The van der Waals surface area contributed by atoms with Gasteiger partial charge in [-0.25, -0.2) is 0 Å². The van der Waals surface area contributed by atoms with E-state index in [1.54, 1.807) is 0 Å². The van der Waals surface area contributed by atoms with Crippen LogP contribution in [0.1, 0.15) is 25.0 Å². The highest BCUT2D eigenvalue weighted by atomic mass is 16.2. The van der Waals surface area contributed by atoms with E-state index in [0.717, 1.165) is 28.9 Å². The van der Waals surface area contributed by atoms with Crippen molar-refractivity contribution in [3.8, 4) is 0 Å². The van der Waals surface area contributed by atoms with Gasteiger partial charge >= 0.3 is 0 Å². The highest BCUT2D eigenvalue weighted by Gasteiger charge is 2.32. The maximum atomic E-state index is 13.1. The number of rotatable bonds is 3. The van der Waals surface area contributed by atoms with E-state index in [1.807, 2.05) is 53.4 Å². The van der Waals surface area contributed by atoms with Crippen molar-refractivity contribution in [1.82, 2.24) is 0 Å². The topological polar surface area (TPSA) is 20.3 Å². The highest BCUT2D eigenvalue weighted by Crippen LogP contribution is 2.38. The molecular weight excluding hydrogens is 306 g/mol. The number of benzene rings is 3. The van der Waals surface area contributed by atoms with Gasteiger partial charge in [-0.2, -0.15) is 0 Å². The van der Waals surface area contributed by atoms with Gasteiger partial charge in [0.1, 0.15) is 0 Å². The van der Waals surface area contributed by atoms with Crippen molar-refractivity contribution < 1.29 is 4.79 Å². The van der Waals surface area contributed by atoms with Gasteiger partial charge in [0.25, 0.3) is 5.91 Å². The van der Waals surface area contributed by atoms with E-state index in [4.69, 9.17) is 0 Å². The fraction of sp³-hybridized carbons (Fsp3) is 0.174. The molecule has 0 bridgehead atoms. The smallest absolute Gasteiger partial charge is 0.259 e. The van der Waals surface area contributed by atoms with Gasteiger partial charge in [0.15, 0.2) is 0 Å². The second kappa shape index (κ2) is 6.21. The van der Waals surface area contributed by atoms with Crippen LogP contribution in [0, 0.1) is 5.92 Å². The molecule has 0 saturated heterocycles. The number of fused-ring (bicyclic) bond motifs is 2. The first-order chi connectivity index (χ1) is 12.1. The van der Waals surface area contributed by atoms with Gasteiger partial charge in [-0.3, -0.25) is 4.79 Å². The summed E-state index contributed by atoms with van der Waals surface area (Å²) in [5, 5.41) is 2.36. The third-order valence-electron chi connectivity index (χ3n) is 4.63. The van der Waals surface area contributed by atoms with Crippen molar-refractivity contribution in [2.45, 2.75) is 13.8 Å². The maximum absolute atomic E-state index is 13.1. The van der Waals surface area contributed by atoms with Gasteiger partial charge in [0.2, 0.25) is 0 Å². The zero-order chi connectivity index (χ0) is 17.4. The summed E-state index contributed by atoms with van der Waals surface area (Å²) in [6, 6.07) is 22.6. The summed E-state index contributed by atoms with van der Waals surface area (Å²) in [5.41, 5.74) is 3.92. The molecule has 4 rings (SSSR count). The molecule has 1 heterocycles. The summed E-state index contributed by atoms with van der Waals surface area (Å²) in [6.07, 6.45) is 2.05. The van der Waals surface area contributed by atoms with E-state index in [2.05, 4.69) is 38.1 Å². The summed E-state index contributed by atoms with van der Waals surface area (Å²) >= 11 is 0.